The van der Waals surface area contributed by atoms with Gasteiger partial charge in [0.1, 0.15) is 12.0 Å². The minimum absolute atomic E-state index is 0.157. The van der Waals surface area contributed by atoms with Crippen LogP contribution < -0.4 is 16.0 Å². The lowest BCUT2D eigenvalue weighted by molar-refractivity contribution is 0.0934. The number of benzene rings is 2. The van der Waals surface area contributed by atoms with Gasteiger partial charge < -0.3 is 16.0 Å². The highest BCUT2D eigenvalue weighted by Crippen LogP contribution is 2.29. The summed E-state index contributed by atoms with van der Waals surface area (Å²) in [4.78, 5) is 12.3. The molecule has 0 radical (unpaired) electrons. The van der Waals surface area contributed by atoms with Crippen LogP contribution in [0.5, 0.6) is 0 Å². The summed E-state index contributed by atoms with van der Waals surface area (Å²) in [6.07, 6.45) is -1.12. The first-order chi connectivity index (χ1) is 12.1. The van der Waals surface area contributed by atoms with Gasteiger partial charge in [0.25, 0.3) is 5.91 Å². The van der Waals surface area contributed by atoms with Crippen LogP contribution >= 0.6 is 47.0 Å². The van der Waals surface area contributed by atoms with Crippen LogP contribution in [0.25, 0.3) is 0 Å². The van der Waals surface area contributed by atoms with E-state index < -0.39 is 21.7 Å². The van der Waals surface area contributed by atoms with Crippen molar-refractivity contribution in [1.29, 1.82) is 0 Å². The fourth-order valence-electron chi connectivity index (χ4n) is 1.95. The molecular weight excluding hydrogens is 420 g/mol. The van der Waals surface area contributed by atoms with Crippen LogP contribution in [-0.4, -0.2) is 21.0 Å². The van der Waals surface area contributed by atoms with Crippen molar-refractivity contribution in [2.75, 3.05) is 5.32 Å². The summed E-state index contributed by atoms with van der Waals surface area (Å²) in [6, 6.07) is 12.5. The molecule has 2 aromatic rings. The summed E-state index contributed by atoms with van der Waals surface area (Å²) < 4.78 is 11.1. The van der Waals surface area contributed by atoms with Crippen molar-refractivity contribution in [1.82, 2.24) is 10.6 Å². The molecule has 0 aliphatic carbocycles. The lowest BCUT2D eigenvalue weighted by Gasteiger charge is -2.27. The minimum Gasteiger partial charge on any atom is -0.339 e. The van der Waals surface area contributed by atoms with E-state index in [1.54, 1.807) is 0 Å². The number of rotatable bonds is 4. The number of carbonyl (C=O) groups excluding carboxylic acids is 1. The van der Waals surface area contributed by atoms with Gasteiger partial charge in [0.05, 0.1) is 0 Å². The molecule has 0 unspecified atom stereocenters. The smallest absolute Gasteiger partial charge is 0.252 e. The molecule has 1 amide bonds. The summed E-state index contributed by atoms with van der Waals surface area (Å²) in [7, 11) is 0. The second-order valence-electron chi connectivity index (χ2n) is 5.42. The average Bonchev–Trinajstić information content (AvgIpc) is 2.56. The van der Waals surface area contributed by atoms with E-state index >= 15 is 0 Å². The lowest BCUT2D eigenvalue weighted by Crippen LogP contribution is -2.56. The Balaban J connectivity index is 2.04. The van der Waals surface area contributed by atoms with E-state index in [-0.39, 0.29) is 10.7 Å². The van der Waals surface area contributed by atoms with Crippen molar-refractivity contribution in [2.45, 2.75) is 16.9 Å². The number of aryl methyl sites for hydroxylation is 1. The molecule has 0 aliphatic rings. The van der Waals surface area contributed by atoms with Gasteiger partial charge >= 0.3 is 0 Å². The number of carbonyl (C=O) groups is 1. The Bertz CT molecular complexity index is 779. The van der Waals surface area contributed by atoms with Crippen LogP contribution in [0, 0.1) is 12.7 Å². The number of halogens is 4. The van der Waals surface area contributed by atoms with E-state index in [0.717, 1.165) is 23.4 Å². The van der Waals surface area contributed by atoms with Gasteiger partial charge in [0.2, 0.25) is 3.79 Å². The zero-order chi connectivity index (χ0) is 19.3. The monoisotopic (exact) mass is 433 g/mol. The number of alkyl halides is 3. The van der Waals surface area contributed by atoms with Crippen molar-refractivity contribution in [2.24, 2.45) is 0 Å². The Morgan fingerprint density at radius 3 is 2.15 bits per heavy atom. The van der Waals surface area contributed by atoms with Gasteiger partial charge in [-0.2, -0.15) is 0 Å². The summed E-state index contributed by atoms with van der Waals surface area (Å²) in [5, 5.41) is 8.37. The third-order valence-corrected chi connectivity index (χ3v) is 4.17. The standard InChI is InChI=1S/C17H15Cl3FN3OS/c1-10-2-8-13(9-3-10)22-16(26)24-15(17(18,19)20)23-14(25)11-4-6-12(21)7-5-11/h2-9,15H,1H3,(H,23,25)(H2,22,24,26)/t15-/m1/s1. The van der Waals surface area contributed by atoms with Gasteiger partial charge in [-0.1, -0.05) is 52.5 Å². The molecule has 0 spiro atoms. The minimum atomic E-state index is -1.88. The quantitative estimate of drug-likeness (QED) is 0.375. The maximum Gasteiger partial charge on any atom is 0.252 e. The van der Waals surface area contributed by atoms with E-state index in [9.17, 15) is 9.18 Å². The fourth-order valence-corrected chi connectivity index (χ4v) is 2.51. The molecule has 4 nitrogen and oxygen atoms in total. The van der Waals surface area contributed by atoms with Crippen molar-refractivity contribution >= 4 is 63.7 Å². The summed E-state index contributed by atoms with van der Waals surface area (Å²) in [5.74, 6) is -1.01. The Hall–Kier alpha value is -1.60. The van der Waals surface area contributed by atoms with Gasteiger partial charge in [-0.15, -0.1) is 0 Å². The molecule has 138 valence electrons. The summed E-state index contributed by atoms with van der Waals surface area (Å²) >= 11 is 23.0. The van der Waals surface area contributed by atoms with Gasteiger partial charge in [-0.05, 0) is 55.5 Å². The van der Waals surface area contributed by atoms with Crippen molar-refractivity contribution in [3.8, 4) is 0 Å². The summed E-state index contributed by atoms with van der Waals surface area (Å²) in [5.41, 5.74) is 2.05. The Morgan fingerprint density at radius 1 is 1.04 bits per heavy atom. The number of anilines is 1. The summed E-state index contributed by atoms with van der Waals surface area (Å²) in [6.45, 7) is 1.96. The van der Waals surface area contributed by atoms with Gasteiger partial charge in [0.15, 0.2) is 5.11 Å². The normalized spacial score (nSPS) is 12.2. The molecule has 0 fully saturated rings. The van der Waals surface area contributed by atoms with Gasteiger partial charge in [-0.3, -0.25) is 4.79 Å². The number of hydrogen-bond acceptors (Lipinski definition) is 2. The number of nitrogens with one attached hydrogen (secondary N) is 3. The maximum absolute atomic E-state index is 13.0. The van der Waals surface area contributed by atoms with Crippen molar-refractivity contribution in [3.05, 3.63) is 65.5 Å². The molecule has 2 rings (SSSR count). The van der Waals surface area contributed by atoms with Crippen LogP contribution in [0.15, 0.2) is 48.5 Å². The van der Waals surface area contributed by atoms with Crippen molar-refractivity contribution < 1.29 is 9.18 Å². The molecule has 3 N–H and O–H groups in total. The third kappa shape index (κ3) is 6.29. The number of amides is 1. The first-order valence-corrected chi connectivity index (χ1v) is 8.97. The zero-order valence-electron chi connectivity index (χ0n) is 13.5. The van der Waals surface area contributed by atoms with Crippen LogP contribution in [-0.2, 0) is 0 Å². The molecular formula is C17H15Cl3FN3OS. The van der Waals surface area contributed by atoms with Crippen molar-refractivity contribution in [3.63, 3.8) is 0 Å². The molecule has 9 heteroatoms. The molecule has 0 saturated heterocycles. The average molecular weight is 435 g/mol. The van der Waals surface area contributed by atoms with E-state index in [2.05, 4.69) is 16.0 Å². The first kappa shape index (κ1) is 20.7. The molecule has 0 heterocycles. The van der Waals surface area contributed by atoms with E-state index in [0.29, 0.717) is 0 Å². The largest absolute Gasteiger partial charge is 0.339 e. The molecule has 0 saturated carbocycles. The Kier molecular flexibility index (Phi) is 7.06. The van der Waals surface area contributed by atoms with Crippen LogP contribution in [0.4, 0.5) is 10.1 Å². The van der Waals surface area contributed by atoms with Crippen LogP contribution in [0.3, 0.4) is 0 Å². The fraction of sp³-hybridized carbons (Fsp3) is 0.176. The highest BCUT2D eigenvalue weighted by molar-refractivity contribution is 7.80. The zero-order valence-corrected chi connectivity index (χ0v) is 16.6. The van der Waals surface area contributed by atoms with E-state index in [1.807, 2.05) is 31.2 Å². The highest BCUT2D eigenvalue weighted by Gasteiger charge is 2.34. The molecule has 26 heavy (non-hydrogen) atoms. The molecule has 0 bridgehead atoms. The molecule has 0 aliphatic heterocycles. The van der Waals surface area contributed by atoms with Crippen LogP contribution in [0.1, 0.15) is 15.9 Å². The molecule has 1 atom stereocenters. The molecule has 2 aromatic carbocycles. The Morgan fingerprint density at radius 2 is 1.62 bits per heavy atom. The number of hydrogen-bond donors (Lipinski definition) is 3. The second-order valence-corrected chi connectivity index (χ2v) is 8.20. The Labute approximate surface area is 171 Å². The van der Waals surface area contributed by atoms with Gasteiger partial charge in [-0.25, -0.2) is 4.39 Å². The first-order valence-electron chi connectivity index (χ1n) is 7.42. The third-order valence-electron chi connectivity index (χ3n) is 3.29. The predicted octanol–water partition coefficient (Wildman–Crippen LogP) is 4.55. The van der Waals surface area contributed by atoms with Gasteiger partial charge in [0, 0.05) is 11.3 Å². The molecule has 0 aromatic heterocycles. The lowest BCUT2D eigenvalue weighted by atomic mass is 10.2. The number of thiocarbonyl (C=S) groups is 1. The highest BCUT2D eigenvalue weighted by atomic mass is 35.6. The predicted molar refractivity (Wildman–Crippen MR) is 108 cm³/mol. The second kappa shape index (κ2) is 8.86. The maximum atomic E-state index is 13.0. The van der Waals surface area contributed by atoms with E-state index in [1.165, 1.54) is 12.1 Å². The van der Waals surface area contributed by atoms with Crippen LogP contribution in [0.2, 0.25) is 0 Å². The SMILES string of the molecule is Cc1ccc(NC(=S)N[C@@H](NC(=O)c2ccc(F)cc2)C(Cl)(Cl)Cl)cc1. The van der Waals surface area contributed by atoms with E-state index in [4.69, 9.17) is 47.0 Å². The topological polar surface area (TPSA) is 53.2 Å².